The molecule has 8 nitrogen and oxygen atoms in total. The molecule has 0 bridgehead atoms. The Balaban J connectivity index is 1.44. The molecule has 2 N–H and O–H groups in total. The first-order chi connectivity index (χ1) is 13.6. The molecule has 4 aromatic rings. The lowest BCUT2D eigenvalue weighted by Crippen LogP contribution is -2.38. The first-order valence-corrected chi connectivity index (χ1v) is 10.8. The van der Waals surface area contributed by atoms with Crippen molar-refractivity contribution in [3.63, 3.8) is 0 Å². The smallest absolute Gasteiger partial charge is 0.240 e. The number of fused-ring (bicyclic) bond motifs is 3. The molecule has 0 unspecified atom stereocenters. The maximum absolute atomic E-state index is 12.7. The zero-order valence-corrected chi connectivity index (χ0v) is 15.9. The molecule has 1 saturated carbocycles. The number of benzene rings is 1. The molecule has 2 atom stereocenters. The molecule has 3 heterocycles. The van der Waals surface area contributed by atoms with Crippen LogP contribution in [0.15, 0.2) is 53.7 Å². The zero-order chi connectivity index (χ0) is 19.1. The van der Waals surface area contributed by atoms with Crippen LogP contribution in [0.1, 0.15) is 37.4 Å². The van der Waals surface area contributed by atoms with Crippen LogP contribution >= 0.6 is 0 Å². The maximum atomic E-state index is 12.7. The van der Waals surface area contributed by atoms with E-state index in [4.69, 9.17) is 0 Å². The van der Waals surface area contributed by atoms with E-state index in [9.17, 15) is 8.42 Å². The number of sulfonamides is 1. The fourth-order valence-electron chi connectivity index (χ4n) is 4.08. The molecule has 1 aromatic carbocycles. The summed E-state index contributed by atoms with van der Waals surface area (Å²) in [6.07, 6.45) is 6.95. The third-order valence-corrected chi connectivity index (χ3v) is 6.92. The van der Waals surface area contributed by atoms with Crippen molar-refractivity contribution in [1.82, 2.24) is 29.3 Å². The summed E-state index contributed by atoms with van der Waals surface area (Å²) in [5.74, 6) is 0.998. The minimum absolute atomic E-state index is 0.125. The zero-order valence-electron chi connectivity index (χ0n) is 15.1. The van der Waals surface area contributed by atoms with Crippen molar-refractivity contribution in [2.45, 2.75) is 42.5 Å². The molecule has 0 spiro atoms. The Labute approximate surface area is 162 Å². The molecule has 5 rings (SSSR count). The number of H-pyrrole nitrogens is 1. The van der Waals surface area contributed by atoms with Gasteiger partial charge in [0, 0.05) is 18.2 Å². The van der Waals surface area contributed by atoms with E-state index >= 15 is 0 Å². The van der Waals surface area contributed by atoms with E-state index in [2.05, 4.69) is 24.9 Å². The Hall–Kier alpha value is -2.78. The second kappa shape index (κ2) is 6.68. The summed E-state index contributed by atoms with van der Waals surface area (Å²) < 4.78 is 30.3. The van der Waals surface area contributed by atoms with Gasteiger partial charge >= 0.3 is 0 Å². The summed E-state index contributed by atoms with van der Waals surface area (Å²) in [7, 11) is -3.53. The van der Waals surface area contributed by atoms with Crippen molar-refractivity contribution >= 4 is 26.8 Å². The summed E-state index contributed by atoms with van der Waals surface area (Å²) in [5.41, 5.74) is 2.42. The van der Waals surface area contributed by atoms with Crippen LogP contribution in [-0.4, -0.2) is 39.0 Å². The highest BCUT2D eigenvalue weighted by molar-refractivity contribution is 7.89. The first kappa shape index (κ1) is 17.3. The number of aromatic amines is 1. The lowest BCUT2D eigenvalue weighted by atomic mass is 9.85. The summed E-state index contributed by atoms with van der Waals surface area (Å²) in [6.45, 7) is 0. The van der Waals surface area contributed by atoms with Gasteiger partial charge in [-0.3, -0.25) is 4.40 Å². The van der Waals surface area contributed by atoms with Crippen LogP contribution in [-0.2, 0) is 10.0 Å². The minimum Gasteiger partial charge on any atom is -0.345 e. The van der Waals surface area contributed by atoms with Crippen molar-refractivity contribution in [3.05, 3.63) is 54.6 Å². The topological polar surface area (TPSA) is 105 Å². The van der Waals surface area contributed by atoms with Gasteiger partial charge in [-0.25, -0.2) is 18.1 Å². The molecular weight excluding hydrogens is 376 g/mol. The van der Waals surface area contributed by atoms with Crippen LogP contribution in [0.5, 0.6) is 0 Å². The van der Waals surface area contributed by atoms with Gasteiger partial charge in [-0.1, -0.05) is 24.6 Å². The summed E-state index contributed by atoms with van der Waals surface area (Å²) in [6, 6.07) is 10.3. The molecular formula is C19H20N6O2S. The van der Waals surface area contributed by atoms with Crippen molar-refractivity contribution in [2.24, 2.45) is 0 Å². The molecule has 1 aliphatic carbocycles. The predicted molar refractivity (Wildman–Crippen MR) is 104 cm³/mol. The molecule has 0 aliphatic heterocycles. The number of nitrogens with zero attached hydrogens (tertiary/aromatic N) is 4. The fraction of sp³-hybridized carbons (Fsp3) is 0.316. The van der Waals surface area contributed by atoms with Gasteiger partial charge in [0.1, 0.15) is 5.82 Å². The molecule has 28 heavy (non-hydrogen) atoms. The summed E-state index contributed by atoms with van der Waals surface area (Å²) in [4.78, 5) is 7.76. The molecule has 0 radical (unpaired) electrons. The first-order valence-electron chi connectivity index (χ1n) is 9.36. The van der Waals surface area contributed by atoms with E-state index in [0.717, 1.165) is 36.3 Å². The largest absolute Gasteiger partial charge is 0.345 e. The third-order valence-electron chi connectivity index (χ3n) is 5.38. The quantitative estimate of drug-likeness (QED) is 0.552. The second-order valence-corrected chi connectivity index (χ2v) is 8.93. The molecule has 0 saturated heterocycles. The summed E-state index contributed by atoms with van der Waals surface area (Å²) in [5, 5.41) is 8.69. The number of aromatic nitrogens is 5. The SMILES string of the molecule is O=S(=O)(N[C@H]1CCC[C@@H](c2nnc3cnc4[nH]ccc4n23)C1)c1ccccc1. The lowest BCUT2D eigenvalue weighted by molar-refractivity contribution is 0.361. The fourth-order valence-corrected chi connectivity index (χ4v) is 5.39. The molecule has 3 aromatic heterocycles. The van der Waals surface area contributed by atoms with Gasteiger partial charge in [0.2, 0.25) is 10.0 Å². The highest BCUT2D eigenvalue weighted by Gasteiger charge is 2.30. The van der Waals surface area contributed by atoms with E-state index in [1.165, 1.54) is 0 Å². The Morgan fingerprint density at radius 1 is 1.11 bits per heavy atom. The van der Waals surface area contributed by atoms with Crippen LogP contribution in [0.25, 0.3) is 16.8 Å². The third kappa shape index (κ3) is 2.96. The molecule has 1 fully saturated rings. The van der Waals surface area contributed by atoms with Gasteiger partial charge in [0.25, 0.3) is 0 Å². The van der Waals surface area contributed by atoms with Crippen LogP contribution in [0.4, 0.5) is 0 Å². The van der Waals surface area contributed by atoms with Gasteiger partial charge in [-0.15, -0.1) is 10.2 Å². The monoisotopic (exact) mass is 396 g/mol. The van der Waals surface area contributed by atoms with Crippen molar-refractivity contribution in [3.8, 4) is 0 Å². The Morgan fingerprint density at radius 2 is 1.96 bits per heavy atom. The number of hydrogen-bond donors (Lipinski definition) is 2. The minimum atomic E-state index is -3.53. The highest BCUT2D eigenvalue weighted by atomic mass is 32.2. The summed E-state index contributed by atoms with van der Waals surface area (Å²) >= 11 is 0. The Bertz CT molecular complexity index is 1230. The van der Waals surface area contributed by atoms with Gasteiger partial charge in [-0.2, -0.15) is 0 Å². The predicted octanol–water partition coefficient (Wildman–Crippen LogP) is 2.61. The van der Waals surface area contributed by atoms with Crippen molar-refractivity contribution in [1.29, 1.82) is 0 Å². The lowest BCUT2D eigenvalue weighted by Gasteiger charge is -2.28. The normalized spacial score (nSPS) is 20.7. The van der Waals surface area contributed by atoms with E-state index < -0.39 is 10.0 Å². The van der Waals surface area contributed by atoms with Crippen molar-refractivity contribution in [2.75, 3.05) is 0 Å². The van der Waals surface area contributed by atoms with Gasteiger partial charge in [0.05, 0.1) is 16.6 Å². The standard InChI is InChI=1S/C19H20N6O2S/c26-28(27,15-7-2-1-3-8-15)24-14-6-4-5-13(11-14)19-23-22-17-12-21-18-16(25(17)19)9-10-20-18/h1-3,7-10,12-14,20,24H,4-6,11H2/t13-,14+/m1/s1. The van der Waals surface area contributed by atoms with Gasteiger partial charge < -0.3 is 4.98 Å². The second-order valence-electron chi connectivity index (χ2n) is 7.22. The number of rotatable bonds is 4. The molecule has 9 heteroatoms. The number of hydrogen-bond acceptors (Lipinski definition) is 5. The van der Waals surface area contributed by atoms with E-state index in [0.29, 0.717) is 17.0 Å². The van der Waals surface area contributed by atoms with Gasteiger partial charge in [0.15, 0.2) is 11.3 Å². The molecule has 144 valence electrons. The number of nitrogens with one attached hydrogen (secondary N) is 2. The van der Waals surface area contributed by atoms with Crippen molar-refractivity contribution < 1.29 is 8.42 Å². The maximum Gasteiger partial charge on any atom is 0.240 e. The Kier molecular flexibility index (Phi) is 4.13. The van der Waals surface area contributed by atoms with E-state index in [-0.39, 0.29) is 12.0 Å². The average molecular weight is 396 g/mol. The molecule has 1 aliphatic rings. The van der Waals surface area contributed by atoms with Gasteiger partial charge in [-0.05, 0) is 37.5 Å². The van der Waals surface area contributed by atoms with Crippen LogP contribution in [0, 0.1) is 0 Å². The van der Waals surface area contributed by atoms with E-state index in [1.807, 2.05) is 22.7 Å². The molecule has 0 amide bonds. The highest BCUT2D eigenvalue weighted by Crippen LogP contribution is 2.33. The van der Waals surface area contributed by atoms with Crippen LogP contribution in [0.2, 0.25) is 0 Å². The Morgan fingerprint density at radius 3 is 2.82 bits per heavy atom. The van der Waals surface area contributed by atoms with E-state index in [1.54, 1.807) is 30.5 Å². The van der Waals surface area contributed by atoms with Crippen LogP contribution < -0.4 is 4.72 Å². The van der Waals surface area contributed by atoms with Crippen LogP contribution in [0.3, 0.4) is 0 Å². The average Bonchev–Trinajstić information content (AvgIpc) is 3.35.